The van der Waals surface area contributed by atoms with Crippen molar-refractivity contribution in [1.82, 2.24) is 10.2 Å². The molecule has 0 aromatic heterocycles. The van der Waals surface area contributed by atoms with Crippen molar-refractivity contribution in [2.75, 3.05) is 27.2 Å². The normalized spacial score (nSPS) is 20.0. The van der Waals surface area contributed by atoms with E-state index in [9.17, 15) is 4.39 Å². The molecule has 3 heteroatoms. The van der Waals surface area contributed by atoms with Crippen LogP contribution in [-0.4, -0.2) is 32.1 Å². The first kappa shape index (κ1) is 11.6. The largest absolute Gasteiger partial charge is 0.317 e. The molecule has 0 radical (unpaired) electrons. The topological polar surface area (TPSA) is 15.3 Å². The van der Waals surface area contributed by atoms with E-state index in [1.807, 2.05) is 6.07 Å². The zero-order valence-electron chi connectivity index (χ0n) is 9.96. The van der Waals surface area contributed by atoms with Gasteiger partial charge in [0, 0.05) is 5.54 Å². The van der Waals surface area contributed by atoms with E-state index >= 15 is 0 Å². The molecule has 88 valence electrons. The molecule has 0 saturated carbocycles. The summed E-state index contributed by atoms with van der Waals surface area (Å²) in [5, 5.41) is 3.36. The Morgan fingerprint density at radius 1 is 1.25 bits per heavy atom. The number of rotatable bonds is 2. The van der Waals surface area contributed by atoms with Gasteiger partial charge in [-0.3, -0.25) is 4.90 Å². The fourth-order valence-electron chi connectivity index (χ4n) is 2.61. The first-order valence-electron chi connectivity index (χ1n) is 5.79. The number of benzene rings is 1. The van der Waals surface area contributed by atoms with Gasteiger partial charge in [0.25, 0.3) is 0 Å². The summed E-state index contributed by atoms with van der Waals surface area (Å²) >= 11 is 0. The van der Waals surface area contributed by atoms with Crippen molar-refractivity contribution in [3.05, 3.63) is 35.6 Å². The molecule has 2 rings (SSSR count). The fraction of sp³-hybridized carbons (Fsp3) is 0.538. The molecule has 0 spiro atoms. The molecule has 0 amide bonds. The molecule has 1 saturated heterocycles. The maximum Gasteiger partial charge on any atom is 0.123 e. The highest BCUT2D eigenvalue weighted by Crippen LogP contribution is 2.35. The molecule has 0 unspecified atom stereocenters. The van der Waals surface area contributed by atoms with Gasteiger partial charge in [-0.25, -0.2) is 4.39 Å². The lowest BCUT2D eigenvalue weighted by Gasteiger charge is -2.43. The number of halogens is 1. The molecular formula is C13H19FN2. The standard InChI is InChI=1S/C13H19FN2/c1-16(2)13(6-8-15-9-7-13)11-4-3-5-12(14)10-11/h3-5,10,15H,6-9H2,1-2H3. The van der Waals surface area contributed by atoms with Gasteiger partial charge in [-0.1, -0.05) is 12.1 Å². The minimum atomic E-state index is -0.141. The van der Waals surface area contributed by atoms with Crippen molar-refractivity contribution >= 4 is 0 Å². The van der Waals surface area contributed by atoms with E-state index in [1.165, 1.54) is 6.07 Å². The molecule has 1 heterocycles. The number of piperidine rings is 1. The Balaban J connectivity index is 2.38. The van der Waals surface area contributed by atoms with Gasteiger partial charge in [-0.2, -0.15) is 0 Å². The molecule has 1 aromatic carbocycles. The Bertz CT molecular complexity index is 357. The molecule has 0 aliphatic carbocycles. The molecule has 16 heavy (non-hydrogen) atoms. The summed E-state index contributed by atoms with van der Waals surface area (Å²) < 4.78 is 13.3. The Kier molecular flexibility index (Phi) is 3.26. The van der Waals surface area contributed by atoms with Crippen LogP contribution in [0.15, 0.2) is 24.3 Å². The summed E-state index contributed by atoms with van der Waals surface area (Å²) in [7, 11) is 4.16. The van der Waals surface area contributed by atoms with Crippen molar-refractivity contribution < 1.29 is 4.39 Å². The van der Waals surface area contributed by atoms with Gasteiger partial charge in [0.1, 0.15) is 5.82 Å². The van der Waals surface area contributed by atoms with Gasteiger partial charge >= 0.3 is 0 Å². The summed E-state index contributed by atoms with van der Waals surface area (Å²) in [6, 6.07) is 7.02. The van der Waals surface area contributed by atoms with E-state index in [0.29, 0.717) is 0 Å². The van der Waals surface area contributed by atoms with Crippen LogP contribution in [0.1, 0.15) is 18.4 Å². The summed E-state index contributed by atoms with van der Waals surface area (Å²) in [4.78, 5) is 2.22. The second-order valence-electron chi connectivity index (χ2n) is 4.69. The summed E-state index contributed by atoms with van der Waals surface area (Å²) in [6.45, 7) is 1.99. The fourth-order valence-corrected chi connectivity index (χ4v) is 2.61. The number of nitrogens with zero attached hydrogens (tertiary/aromatic N) is 1. The molecule has 1 aromatic rings. The zero-order chi connectivity index (χ0) is 11.6. The third-order valence-corrected chi connectivity index (χ3v) is 3.65. The summed E-state index contributed by atoms with van der Waals surface area (Å²) in [6.07, 6.45) is 2.06. The van der Waals surface area contributed by atoms with E-state index in [1.54, 1.807) is 12.1 Å². The second-order valence-corrected chi connectivity index (χ2v) is 4.69. The van der Waals surface area contributed by atoms with Gasteiger partial charge in [-0.15, -0.1) is 0 Å². The van der Waals surface area contributed by atoms with Gasteiger partial charge in [0.05, 0.1) is 0 Å². The molecule has 1 N–H and O–H groups in total. The highest BCUT2D eigenvalue weighted by molar-refractivity contribution is 5.26. The van der Waals surface area contributed by atoms with E-state index in [-0.39, 0.29) is 11.4 Å². The minimum absolute atomic E-state index is 0.00660. The van der Waals surface area contributed by atoms with Gasteiger partial charge in [0.2, 0.25) is 0 Å². The molecule has 1 fully saturated rings. The van der Waals surface area contributed by atoms with Crippen LogP contribution in [0.3, 0.4) is 0 Å². The van der Waals surface area contributed by atoms with Crippen LogP contribution in [0.5, 0.6) is 0 Å². The van der Waals surface area contributed by atoms with E-state index in [0.717, 1.165) is 31.5 Å². The lowest BCUT2D eigenvalue weighted by molar-refractivity contribution is 0.107. The predicted octanol–water partition coefficient (Wildman–Crippen LogP) is 1.97. The second kappa shape index (κ2) is 4.52. The Morgan fingerprint density at radius 3 is 2.50 bits per heavy atom. The molecule has 1 aliphatic heterocycles. The van der Waals surface area contributed by atoms with Crippen LogP contribution in [0.2, 0.25) is 0 Å². The molecular weight excluding hydrogens is 203 g/mol. The summed E-state index contributed by atoms with van der Waals surface area (Å²) in [5.41, 5.74) is 1.09. The third-order valence-electron chi connectivity index (χ3n) is 3.65. The van der Waals surface area contributed by atoms with E-state index in [2.05, 4.69) is 24.3 Å². The molecule has 2 nitrogen and oxygen atoms in total. The van der Waals surface area contributed by atoms with Crippen molar-refractivity contribution in [3.63, 3.8) is 0 Å². The quantitative estimate of drug-likeness (QED) is 0.823. The molecule has 1 aliphatic rings. The van der Waals surface area contributed by atoms with Crippen LogP contribution in [0, 0.1) is 5.82 Å². The zero-order valence-corrected chi connectivity index (χ0v) is 9.96. The lowest BCUT2D eigenvalue weighted by Crippen LogP contribution is -2.49. The van der Waals surface area contributed by atoms with Crippen molar-refractivity contribution in [2.24, 2.45) is 0 Å². The lowest BCUT2D eigenvalue weighted by atomic mass is 9.80. The Labute approximate surface area is 96.5 Å². The minimum Gasteiger partial charge on any atom is -0.317 e. The maximum atomic E-state index is 13.3. The number of hydrogen-bond acceptors (Lipinski definition) is 2. The highest BCUT2D eigenvalue weighted by Gasteiger charge is 2.35. The average Bonchev–Trinajstić information content (AvgIpc) is 2.30. The first-order chi connectivity index (χ1) is 7.65. The Morgan fingerprint density at radius 2 is 1.94 bits per heavy atom. The van der Waals surface area contributed by atoms with Crippen LogP contribution in [0.4, 0.5) is 4.39 Å². The van der Waals surface area contributed by atoms with Crippen molar-refractivity contribution in [1.29, 1.82) is 0 Å². The third kappa shape index (κ3) is 1.97. The number of nitrogens with one attached hydrogen (secondary N) is 1. The van der Waals surface area contributed by atoms with Crippen LogP contribution in [0.25, 0.3) is 0 Å². The maximum absolute atomic E-state index is 13.3. The van der Waals surface area contributed by atoms with Crippen molar-refractivity contribution in [3.8, 4) is 0 Å². The predicted molar refractivity (Wildman–Crippen MR) is 63.9 cm³/mol. The summed E-state index contributed by atoms with van der Waals surface area (Å²) in [5.74, 6) is -0.141. The first-order valence-corrected chi connectivity index (χ1v) is 5.79. The molecule has 0 atom stereocenters. The monoisotopic (exact) mass is 222 g/mol. The van der Waals surface area contributed by atoms with Crippen LogP contribution < -0.4 is 5.32 Å². The van der Waals surface area contributed by atoms with Crippen molar-refractivity contribution in [2.45, 2.75) is 18.4 Å². The van der Waals surface area contributed by atoms with Gasteiger partial charge < -0.3 is 5.32 Å². The molecule has 0 bridgehead atoms. The Hall–Kier alpha value is -0.930. The number of hydrogen-bond donors (Lipinski definition) is 1. The smallest absolute Gasteiger partial charge is 0.123 e. The average molecular weight is 222 g/mol. The van der Waals surface area contributed by atoms with E-state index < -0.39 is 0 Å². The van der Waals surface area contributed by atoms with Gasteiger partial charge in [-0.05, 0) is 57.7 Å². The van der Waals surface area contributed by atoms with Gasteiger partial charge in [0.15, 0.2) is 0 Å². The van der Waals surface area contributed by atoms with Crippen LogP contribution >= 0.6 is 0 Å². The van der Waals surface area contributed by atoms with E-state index in [4.69, 9.17) is 0 Å². The highest BCUT2D eigenvalue weighted by atomic mass is 19.1. The SMILES string of the molecule is CN(C)C1(c2cccc(F)c2)CCNCC1. The van der Waals surface area contributed by atoms with Crippen LogP contribution in [-0.2, 0) is 5.54 Å².